The Morgan fingerprint density at radius 3 is 1.65 bits per heavy atom. The molecule has 0 amide bonds. The largest absolute Gasteiger partial charge is 0.532 e. The first kappa shape index (κ1) is 17.5. The maximum atomic E-state index is 5.52. The third kappa shape index (κ3) is 8.26. The molecule has 0 atom stereocenters. The van der Waals surface area contributed by atoms with Gasteiger partial charge in [0.1, 0.15) is 0 Å². The summed E-state index contributed by atoms with van der Waals surface area (Å²) in [7, 11) is -2.88. The molecule has 0 bridgehead atoms. The van der Waals surface area contributed by atoms with E-state index in [0.29, 0.717) is 19.8 Å². The van der Waals surface area contributed by atoms with Crippen molar-refractivity contribution in [3.63, 3.8) is 0 Å². The van der Waals surface area contributed by atoms with Gasteiger partial charge in [0.15, 0.2) is 0 Å². The summed E-state index contributed by atoms with van der Waals surface area (Å²) in [6, 6.07) is 0. The maximum absolute atomic E-state index is 5.52. The number of rotatable bonds is 8. The quantitative estimate of drug-likeness (QED) is 0.389. The number of halogens is 3. The molecule has 0 saturated carbocycles. The van der Waals surface area contributed by atoms with Crippen LogP contribution in [-0.4, -0.2) is 32.6 Å². The van der Waals surface area contributed by atoms with Crippen LogP contribution in [0.1, 0.15) is 20.8 Å². The molecular weight excluding hydrogens is 307 g/mol. The normalized spacial score (nSPS) is 13.3. The second-order valence-electron chi connectivity index (χ2n) is 2.77. The van der Waals surface area contributed by atoms with Gasteiger partial charge >= 0.3 is 12.8 Å². The minimum atomic E-state index is -2.88. The Labute approximate surface area is 118 Å². The van der Waals surface area contributed by atoms with Crippen molar-refractivity contribution in [2.24, 2.45) is 0 Å². The summed E-state index contributed by atoms with van der Waals surface area (Å²) in [4.78, 5) is 0. The third-order valence-corrected chi connectivity index (χ3v) is 4.40. The van der Waals surface area contributed by atoms with Gasteiger partial charge < -0.3 is 18.0 Å². The Bertz CT molecular complexity index is 216. The van der Waals surface area contributed by atoms with E-state index in [4.69, 9.17) is 52.8 Å². The number of hydrogen-bond donors (Lipinski definition) is 0. The zero-order valence-corrected chi connectivity index (χ0v) is 13.3. The van der Waals surface area contributed by atoms with Crippen molar-refractivity contribution in [2.45, 2.75) is 24.7 Å². The topological polar surface area (TPSA) is 36.9 Å². The molecule has 0 N–H and O–H groups in total. The minimum Gasteiger partial charge on any atom is -0.454 e. The molecule has 0 spiro atoms. The molecule has 0 aliphatic rings. The molecule has 0 aromatic heterocycles. The van der Waals surface area contributed by atoms with Crippen LogP contribution in [0.15, 0.2) is 12.0 Å². The van der Waals surface area contributed by atoms with Gasteiger partial charge in [-0.3, -0.25) is 0 Å². The van der Waals surface area contributed by atoms with Crippen molar-refractivity contribution < 1.29 is 18.0 Å². The first-order chi connectivity index (χ1) is 7.89. The lowest BCUT2D eigenvalue weighted by Crippen LogP contribution is -2.44. The van der Waals surface area contributed by atoms with Gasteiger partial charge in [-0.05, 0) is 55.6 Å². The minimum absolute atomic E-state index is 0.463. The van der Waals surface area contributed by atoms with Gasteiger partial charge in [-0.15, -0.1) is 0 Å². The monoisotopic (exact) mass is 322 g/mol. The smallest absolute Gasteiger partial charge is 0.454 e. The Hall–Kier alpha value is 0.507. The van der Waals surface area contributed by atoms with Gasteiger partial charge in [0.25, 0.3) is 0 Å². The van der Waals surface area contributed by atoms with Gasteiger partial charge in [0.2, 0.25) is 0 Å². The predicted octanol–water partition coefficient (Wildman–Crippen LogP) is 3.43. The number of hydrogen-bond acceptors (Lipinski definition) is 4. The lowest BCUT2D eigenvalue weighted by Gasteiger charge is -2.25. The third-order valence-electron chi connectivity index (χ3n) is 1.51. The molecule has 4 nitrogen and oxygen atoms in total. The molecule has 0 aromatic rings. The second kappa shape index (κ2) is 8.58. The summed E-state index contributed by atoms with van der Waals surface area (Å²) in [6.07, 6.45) is 1.24. The van der Waals surface area contributed by atoms with Gasteiger partial charge in [-0.1, -0.05) is 0 Å². The summed E-state index contributed by atoms with van der Waals surface area (Å²) in [5, 5.41) is 0. The SMILES string of the molecule is CCO[Si](C=COC(Cl)(Cl)Cl)(OCC)OCC. The Morgan fingerprint density at radius 2 is 1.35 bits per heavy atom. The van der Waals surface area contributed by atoms with Crippen LogP contribution in [0.5, 0.6) is 0 Å². The van der Waals surface area contributed by atoms with Gasteiger partial charge in [-0.25, -0.2) is 0 Å². The highest BCUT2D eigenvalue weighted by molar-refractivity contribution is 6.67. The second-order valence-corrected chi connectivity index (χ2v) is 7.35. The highest BCUT2D eigenvalue weighted by Crippen LogP contribution is 2.27. The average molecular weight is 324 g/mol. The average Bonchev–Trinajstić information content (AvgIpc) is 2.16. The van der Waals surface area contributed by atoms with E-state index in [2.05, 4.69) is 0 Å². The number of alkyl halides is 3. The van der Waals surface area contributed by atoms with E-state index in [1.807, 2.05) is 20.8 Å². The van der Waals surface area contributed by atoms with E-state index < -0.39 is 12.8 Å². The van der Waals surface area contributed by atoms with Crippen LogP contribution in [-0.2, 0) is 18.0 Å². The molecule has 8 heteroatoms. The van der Waals surface area contributed by atoms with Gasteiger partial charge in [0, 0.05) is 25.5 Å². The zero-order valence-electron chi connectivity index (χ0n) is 10.0. The summed E-state index contributed by atoms with van der Waals surface area (Å²) in [5.41, 5.74) is 1.55. The first-order valence-electron chi connectivity index (χ1n) is 5.23. The van der Waals surface area contributed by atoms with E-state index >= 15 is 0 Å². The highest BCUT2D eigenvalue weighted by atomic mass is 35.6. The summed E-state index contributed by atoms with van der Waals surface area (Å²) >= 11 is 16.3. The van der Waals surface area contributed by atoms with Crippen LogP contribution in [0.4, 0.5) is 0 Å². The zero-order chi connectivity index (χ0) is 13.4. The Balaban J connectivity index is 4.63. The van der Waals surface area contributed by atoms with Crippen molar-refractivity contribution in [1.29, 1.82) is 0 Å². The molecule has 0 rings (SSSR count). The van der Waals surface area contributed by atoms with Crippen LogP contribution < -0.4 is 0 Å². The van der Waals surface area contributed by atoms with Gasteiger partial charge in [0.05, 0.1) is 6.26 Å². The van der Waals surface area contributed by atoms with Gasteiger partial charge in [-0.2, -0.15) is 0 Å². The summed E-state index contributed by atoms with van der Waals surface area (Å²) < 4.78 is 19.6. The lowest BCUT2D eigenvalue weighted by atomic mass is 10.9. The molecule has 0 saturated heterocycles. The van der Waals surface area contributed by atoms with E-state index in [-0.39, 0.29) is 0 Å². The maximum Gasteiger partial charge on any atom is 0.532 e. The van der Waals surface area contributed by atoms with Crippen molar-refractivity contribution in [2.75, 3.05) is 19.8 Å². The molecular formula is C9H17Cl3O4Si. The molecule has 0 unspecified atom stereocenters. The molecule has 0 radical (unpaired) electrons. The molecule has 0 fully saturated rings. The fourth-order valence-electron chi connectivity index (χ4n) is 1.07. The van der Waals surface area contributed by atoms with Crippen LogP contribution in [0, 0.1) is 0 Å². The molecule has 17 heavy (non-hydrogen) atoms. The fraction of sp³-hybridized carbons (Fsp3) is 0.778. The molecule has 0 heterocycles. The summed E-state index contributed by atoms with van der Waals surface area (Å²) in [5.74, 6) is 0. The van der Waals surface area contributed by atoms with Crippen molar-refractivity contribution >= 4 is 43.6 Å². The van der Waals surface area contributed by atoms with Crippen molar-refractivity contribution in [3.05, 3.63) is 12.0 Å². The van der Waals surface area contributed by atoms with Crippen molar-refractivity contribution in [1.82, 2.24) is 0 Å². The lowest BCUT2D eigenvalue weighted by molar-refractivity contribution is 0.0831. The molecule has 0 aromatic carbocycles. The van der Waals surface area contributed by atoms with Crippen LogP contribution in [0.25, 0.3) is 0 Å². The van der Waals surface area contributed by atoms with Crippen LogP contribution in [0.2, 0.25) is 0 Å². The predicted molar refractivity (Wildman–Crippen MR) is 71.1 cm³/mol. The Kier molecular flexibility index (Phi) is 8.84. The van der Waals surface area contributed by atoms with E-state index in [0.717, 1.165) is 0 Å². The van der Waals surface area contributed by atoms with Crippen LogP contribution >= 0.6 is 34.8 Å². The highest BCUT2D eigenvalue weighted by Gasteiger charge is 2.38. The number of ether oxygens (including phenoxy) is 1. The Morgan fingerprint density at radius 1 is 0.941 bits per heavy atom. The standard InChI is InChI=1S/C9H17Cl3O4Si/c1-4-14-17(15-5-2,16-6-3)8-7-13-9(10,11)12/h7-8H,4-6H2,1-3H3. The molecule has 0 aliphatic heterocycles. The van der Waals surface area contributed by atoms with E-state index in [1.54, 1.807) is 5.70 Å². The summed E-state index contributed by atoms with van der Waals surface area (Å²) in [6.45, 7) is 6.94. The molecule has 0 aliphatic carbocycles. The van der Waals surface area contributed by atoms with Crippen molar-refractivity contribution in [3.8, 4) is 0 Å². The first-order valence-corrected chi connectivity index (χ1v) is 8.16. The molecule has 102 valence electrons. The van der Waals surface area contributed by atoms with E-state index in [9.17, 15) is 0 Å². The van der Waals surface area contributed by atoms with E-state index in [1.165, 1.54) is 6.26 Å². The van der Waals surface area contributed by atoms with Crippen LogP contribution in [0.3, 0.4) is 0 Å². The fourth-order valence-corrected chi connectivity index (χ4v) is 3.20.